The van der Waals surface area contributed by atoms with Crippen LogP contribution in [0, 0.1) is 0 Å². The Hall–Kier alpha value is -6.44. The van der Waals surface area contributed by atoms with Gasteiger partial charge in [0.05, 0.1) is 5.41 Å². The molecule has 0 aromatic heterocycles. The van der Waals surface area contributed by atoms with E-state index in [0.717, 1.165) is 5.69 Å². The maximum atomic E-state index is 2.51. The lowest BCUT2D eigenvalue weighted by Gasteiger charge is -2.35. The molecule has 0 N–H and O–H groups in total. The molecule has 3 aliphatic carbocycles. The third-order valence-electron chi connectivity index (χ3n) is 15.2. The standard InChI is InChI=1S/C63H59N/c1-59(2,3)42-36-51-50-35-33-45(39-56(50)62(9,10)58(51)57(37-42)60(4,5)6)64(44-32-34-49-46-22-14-17-25-52(46)61(7,8)55(49)38-44)43-30-28-41(29-31-43)63(40-20-12-11-13-21-40)53-26-18-15-23-47(53)48-24-16-19-27-54(48)63/h11-39H,1-10H3. The van der Waals surface area contributed by atoms with Crippen LogP contribution >= 0.6 is 0 Å². The van der Waals surface area contributed by atoms with Crippen LogP contribution in [-0.2, 0) is 27.1 Å². The van der Waals surface area contributed by atoms with Crippen molar-refractivity contribution in [2.24, 2.45) is 0 Å². The van der Waals surface area contributed by atoms with E-state index in [4.69, 9.17) is 0 Å². The van der Waals surface area contributed by atoms with Gasteiger partial charge in [-0.05, 0) is 136 Å². The molecule has 8 aromatic carbocycles. The number of hydrogen-bond acceptors (Lipinski definition) is 1. The van der Waals surface area contributed by atoms with Crippen molar-refractivity contribution in [1.29, 1.82) is 0 Å². The topological polar surface area (TPSA) is 3.24 Å². The molecule has 3 aliphatic rings. The third-order valence-corrected chi connectivity index (χ3v) is 15.2. The number of nitrogens with zero attached hydrogens (tertiary/aromatic N) is 1. The molecular weight excluding hydrogens is 771 g/mol. The molecule has 0 amide bonds. The van der Waals surface area contributed by atoms with Crippen molar-refractivity contribution in [3.05, 3.63) is 232 Å². The fourth-order valence-electron chi connectivity index (χ4n) is 12.0. The molecule has 316 valence electrons. The zero-order valence-electron chi connectivity index (χ0n) is 39.2. The van der Waals surface area contributed by atoms with Gasteiger partial charge in [0.25, 0.3) is 0 Å². The molecule has 11 rings (SSSR count). The van der Waals surface area contributed by atoms with E-state index in [1.807, 2.05) is 0 Å². The summed E-state index contributed by atoms with van der Waals surface area (Å²) in [5.41, 5.74) is 24.4. The summed E-state index contributed by atoms with van der Waals surface area (Å²) in [7, 11) is 0. The molecule has 0 fully saturated rings. The quantitative estimate of drug-likeness (QED) is 0.167. The molecule has 0 atom stereocenters. The van der Waals surface area contributed by atoms with Gasteiger partial charge in [-0.25, -0.2) is 0 Å². The van der Waals surface area contributed by atoms with Crippen molar-refractivity contribution in [2.45, 2.75) is 96.3 Å². The Kier molecular flexibility index (Phi) is 8.69. The first-order valence-electron chi connectivity index (χ1n) is 23.3. The van der Waals surface area contributed by atoms with Crippen LogP contribution in [0.5, 0.6) is 0 Å². The summed E-state index contributed by atoms with van der Waals surface area (Å²) in [6, 6.07) is 67.2. The predicted octanol–water partition coefficient (Wildman–Crippen LogP) is 16.7. The summed E-state index contributed by atoms with van der Waals surface area (Å²) < 4.78 is 0. The lowest BCUT2D eigenvalue weighted by molar-refractivity contribution is 0.545. The zero-order valence-corrected chi connectivity index (χ0v) is 39.2. The second-order valence-corrected chi connectivity index (χ2v) is 21.8. The lowest BCUT2D eigenvalue weighted by atomic mass is 9.68. The van der Waals surface area contributed by atoms with Crippen LogP contribution in [0.2, 0.25) is 0 Å². The minimum Gasteiger partial charge on any atom is -0.310 e. The SMILES string of the molecule is CC(C)(C)c1cc2c(c(C(C)(C)C)c1)C(C)(C)c1cc(N(c3ccc(C4(c5ccccc5)c5ccccc5-c5ccccc54)cc3)c3ccc4c(c3)C(C)(C)c3ccccc3-4)ccc1-2. The fourth-order valence-corrected chi connectivity index (χ4v) is 12.0. The summed E-state index contributed by atoms with van der Waals surface area (Å²) in [6.45, 7) is 23.8. The van der Waals surface area contributed by atoms with Crippen molar-refractivity contribution in [2.75, 3.05) is 4.90 Å². The van der Waals surface area contributed by atoms with E-state index in [9.17, 15) is 0 Å². The van der Waals surface area contributed by atoms with Gasteiger partial charge < -0.3 is 4.90 Å². The molecule has 1 nitrogen and oxygen atoms in total. The van der Waals surface area contributed by atoms with Crippen molar-refractivity contribution >= 4 is 17.1 Å². The van der Waals surface area contributed by atoms with Crippen LogP contribution < -0.4 is 4.90 Å². The van der Waals surface area contributed by atoms with E-state index in [1.165, 1.54) is 100 Å². The second-order valence-electron chi connectivity index (χ2n) is 21.8. The van der Waals surface area contributed by atoms with Crippen molar-refractivity contribution in [3.63, 3.8) is 0 Å². The predicted molar refractivity (Wildman–Crippen MR) is 271 cm³/mol. The van der Waals surface area contributed by atoms with Gasteiger partial charge in [0.1, 0.15) is 0 Å². The van der Waals surface area contributed by atoms with Gasteiger partial charge >= 0.3 is 0 Å². The fraction of sp³-hybridized carbons (Fsp3) is 0.238. The van der Waals surface area contributed by atoms with E-state index in [0.29, 0.717) is 0 Å². The Bertz CT molecular complexity index is 3120. The van der Waals surface area contributed by atoms with E-state index in [2.05, 4.69) is 250 Å². The minimum atomic E-state index is -0.457. The van der Waals surface area contributed by atoms with Gasteiger partial charge in [0.2, 0.25) is 0 Å². The molecule has 0 spiro atoms. The minimum absolute atomic E-state index is 0.00643. The first-order chi connectivity index (χ1) is 30.5. The number of benzene rings is 8. The molecule has 0 heterocycles. The largest absolute Gasteiger partial charge is 0.310 e. The van der Waals surface area contributed by atoms with Crippen LogP contribution in [-0.4, -0.2) is 0 Å². The average Bonchev–Trinajstić information content (AvgIpc) is 3.81. The molecule has 0 aliphatic heterocycles. The second kappa shape index (κ2) is 13.8. The van der Waals surface area contributed by atoms with Crippen LogP contribution in [0.3, 0.4) is 0 Å². The molecule has 1 heteroatoms. The zero-order chi connectivity index (χ0) is 44.6. The van der Waals surface area contributed by atoms with E-state index in [-0.39, 0.29) is 21.7 Å². The highest BCUT2D eigenvalue weighted by Gasteiger charge is 2.46. The van der Waals surface area contributed by atoms with Crippen molar-refractivity contribution in [1.82, 2.24) is 0 Å². The molecule has 0 saturated heterocycles. The smallest absolute Gasteiger partial charge is 0.0713 e. The first kappa shape index (κ1) is 40.3. The highest BCUT2D eigenvalue weighted by atomic mass is 15.1. The van der Waals surface area contributed by atoms with Crippen LogP contribution in [0.1, 0.15) is 125 Å². The van der Waals surface area contributed by atoms with E-state index >= 15 is 0 Å². The third kappa shape index (κ3) is 5.69. The number of hydrogen-bond donors (Lipinski definition) is 0. The molecule has 0 saturated carbocycles. The van der Waals surface area contributed by atoms with Crippen LogP contribution in [0.25, 0.3) is 33.4 Å². The lowest BCUT2D eigenvalue weighted by Crippen LogP contribution is -2.28. The Morgan fingerprint density at radius 2 is 0.781 bits per heavy atom. The number of rotatable bonds is 5. The van der Waals surface area contributed by atoms with Gasteiger partial charge in [-0.1, -0.05) is 209 Å². The summed E-state index contributed by atoms with van der Waals surface area (Å²) in [5.74, 6) is 0. The highest BCUT2D eigenvalue weighted by Crippen LogP contribution is 2.58. The summed E-state index contributed by atoms with van der Waals surface area (Å²) in [6.07, 6.45) is 0. The van der Waals surface area contributed by atoms with Gasteiger partial charge in [0, 0.05) is 27.9 Å². The normalized spacial score (nSPS) is 15.7. The van der Waals surface area contributed by atoms with Crippen LogP contribution in [0.4, 0.5) is 17.1 Å². The van der Waals surface area contributed by atoms with E-state index < -0.39 is 5.41 Å². The van der Waals surface area contributed by atoms with Crippen molar-refractivity contribution in [3.8, 4) is 33.4 Å². The Morgan fingerprint density at radius 3 is 1.33 bits per heavy atom. The number of anilines is 3. The van der Waals surface area contributed by atoms with Crippen molar-refractivity contribution < 1.29 is 0 Å². The van der Waals surface area contributed by atoms with Gasteiger partial charge in [-0.2, -0.15) is 0 Å². The highest BCUT2D eigenvalue weighted by molar-refractivity contribution is 5.90. The van der Waals surface area contributed by atoms with Gasteiger partial charge in [-0.3, -0.25) is 0 Å². The Labute approximate surface area is 381 Å². The molecule has 0 bridgehead atoms. The molecule has 64 heavy (non-hydrogen) atoms. The van der Waals surface area contributed by atoms with Gasteiger partial charge in [0.15, 0.2) is 0 Å². The maximum absolute atomic E-state index is 2.51. The Balaban J connectivity index is 1.12. The molecule has 0 radical (unpaired) electrons. The summed E-state index contributed by atoms with van der Waals surface area (Å²) in [4.78, 5) is 2.51. The molecular formula is C63H59N. The monoisotopic (exact) mass is 829 g/mol. The summed E-state index contributed by atoms with van der Waals surface area (Å²) >= 11 is 0. The first-order valence-corrected chi connectivity index (χ1v) is 23.3. The van der Waals surface area contributed by atoms with E-state index in [1.54, 1.807) is 0 Å². The Morgan fingerprint density at radius 1 is 0.344 bits per heavy atom. The maximum Gasteiger partial charge on any atom is 0.0713 e. The van der Waals surface area contributed by atoms with Gasteiger partial charge in [-0.15, -0.1) is 0 Å². The number of fused-ring (bicyclic) bond motifs is 9. The van der Waals surface area contributed by atoms with Crippen LogP contribution in [0.15, 0.2) is 176 Å². The summed E-state index contributed by atoms with van der Waals surface area (Å²) in [5, 5.41) is 0. The molecule has 0 unspecified atom stereocenters. The molecule has 8 aromatic rings. The average molecular weight is 830 g/mol.